The molecule has 0 heterocycles. The Bertz CT molecular complexity index is 315. The zero-order chi connectivity index (χ0) is 10.7. The maximum atomic E-state index is 12.8. The Hall–Kier alpha value is -0.970. The average Bonchev–Trinajstić information content (AvgIpc) is 2.16. The van der Waals surface area contributed by atoms with Crippen molar-refractivity contribution in [3.05, 3.63) is 35.1 Å². The quantitative estimate of drug-likeness (QED) is 0.671. The fourth-order valence-electron chi connectivity index (χ4n) is 1.30. The lowest BCUT2D eigenvalue weighted by Crippen LogP contribution is -2.24. The SMILES string of the molecule is C[C@@H](O)[C@H](N)c1ccc(F)cc1CO. The van der Waals surface area contributed by atoms with Crippen LogP contribution in [-0.4, -0.2) is 16.3 Å². The lowest BCUT2D eigenvalue weighted by atomic mass is 9.98. The Labute approximate surface area is 82.0 Å². The molecular weight excluding hydrogens is 185 g/mol. The molecule has 0 saturated heterocycles. The maximum Gasteiger partial charge on any atom is 0.123 e. The van der Waals surface area contributed by atoms with Crippen molar-refractivity contribution >= 4 is 0 Å². The van der Waals surface area contributed by atoms with Crippen molar-refractivity contribution in [2.75, 3.05) is 0 Å². The number of hydrogen-bond acceptors (Lipinski definition) is 3. The van der Waals surface area contributed by atoms with Crippen molar-refractivity contribution in [2.45, 2.75) is 25.7 Å². The minimum absolute atomic E-state index is 0.284. The molecule has 1 rings (SSSR count). The fourth-order valence-corrected chi connectivity index (χ4v) is 1.30. The lowest BCUT2D eigenvalue weighted by molar-refractivity contribution is 0.162. The first kappa shape index (κ1) is 11.1. The Kier molecular flexibility index (Phi) is 3.57. The van der Waals surface area contributed by atoms with Gasteiger partial charge in [-0.1, -0.05) is 6.07 Å². The zero-order valence-electron chi connectivity index (χ0n) is 7.94. The van der Waals surface area contributed by atoms with Crippen LogP contribution in [0.15, 0.2) is 18.2 Å². The van der Waals surface area contributed by atoms with Crippen LogP contribution in [0.5, 0.6) is 0 Å². The molecule has 0 fully saturated rings. The monoisotopic (exact) mass is 199 g/mol. The van der Waals surface area contributed by atoms with Crippen LogP contribution in [0.25, 0.3) is 0 Å². The molecule has 0 aliphatic heterocycles. The summed E-state index contributed by atoms with van der Waals surface area (Å²) in [6, 6.07) is 3.37. The zero-order valence-corrected chi connectivity index (χ0v) is 7.94. The summed E-state index contributed by atoms with van der Waals surface area (Å²) in [7, 11) is 0. The smallest absolute Gasteiger partial charge is 0.123 e. The van der Waals surface area contributed by atoms with Gasteiger partial charge in [-0.2, -0.15) is 0 Å². The van der Waals surface area contributed by atoms with Crippen LogP contribution in [0.3, 0.4) is 0 Å². The number of aliphatic hydroxyl groups is 2. The van der Waals surface area contributed by atoms with Gasteiger partial charge in [-0.05, 0) is 30.2 Å². The van der Waals surface area contributed by atoms with Crippen LogP contribution >= 0.6 is 0 Å². The summed E-state index contributed by atoms with van der Waals surface area (Å²) in [5, 5.41) is 18.2. The normalized spacial score (nSPS) is 15.2. The van der Waals surface area contributed by atoms with Crippen molar-refractivity contribution < 1.29 is 14.6 Å². The number of benzene rings is 1. The predicted molar refractivity (Wildman–Crippen MR) is 50.9 cm³/mol. The third kappa shape index (κ3) is 2.29. The molecule has 0 radical (unpaired) electrons. The molecule has 0 aromatic heterocycles. The van der Waals surface area contributed by atoms with E-state index in [0.717, 1.165) is 0 Å². The Balaban J connectivity index is 3.07. The first-order chi connectivity index (χ1) is 6.56. The first-order valence-electron chi connectivity index (χ1n) is 4.39. The van der Waals surface area contributed by atoms with Crippen molar-refractivity contribution in [2.24, 2.45) is 5.73 Å². The molecule has 4 heteroatoms. The van der Waals surface area contributed by atoms with Gasteiger partial charge in [-0.15, -0.1) is 0 Å². The summed E-state index contributed by atoms with van der Waals surface area (Å²) < 4.78 is 12.8. The van der Waals surface area contributed by atoms with Crippen LogP contribution in [0, 0.1) is 5.82 Å². The molecule has 1 aromatic carbocycles. The van der Waals surface area contributed by atoms with Gasteiger partial charge in [0.25, 0.3) is 0 Å². The molecule has 0 saturated carbocycles. The van der Waals surface area contributed by atoms with Crippen molar-refractivity contribution in [3.63, 3.8) is 0 Å². The van der Waals surface area contributed by atoms with E-state index in [1.54, 1.807) is 6.92 Å². The summed E-state index contributed by atoms with van der Waals surface area (Å²) in [6.45, 7) is 1.27. The van der Waals surface area contributed by atoms with Crippen molar-refractivity contribution in [3.8, 4) is 0 Å². The van der Waals surface area contributed by atoms with Gasteiger partial charge in [0.05, 0.1) is 18.8 Å². The lowest BCUT2D eigenvalue weighted by Gasteiger charge is -2.18. The Morgan fingerprint density at radius 3 is 2.64 bits per heavy atom. The average molecular weight is 199 g/mol. The highest BCUT2D eigenvalue weighted by Gasteiger charge is 2.15. The molecular formula is C10H14FNO2. The maximum absolute atomic E-state index is 12.8. The van der Waals surface area contributed by atoms with Gasteiger partial charge in [0.15, 0.2) is 0 Å². The van der Waals surface area contributed by atoms with Gasteiger partial charge < -0.3 is 15.9 Å². The van der Waals surface area contributed by atoms with Gasteiger partial charge in [0.2, 0.25) is 0 Å². The second-order valence-electron chi connectivity index (χ2n) is 3.27. The third-order valence-electron chi connectivity index (χ3n) is 2.15. The van der Waals surface area contributed by atoms with Crippen molar-refractivity contribution in [1.29, 1.82) is 0 Å². The second kappa shape index (κ2) is 4.50. The fraction of sp³-hybridized carbons (Fsp3) is 0.400. The number of nitrogens with two attached hydrogens (primary N) is 1. The molecule has 0 aliphatic carbocycles. The standard InChI is InChI=1S/C10H14FNO2/c1-6(14)10(12)9-3-2-8(11)4-7(9)5-13/h2-4,6,10,13-14H,5,12H2,1H3/t6-,10+/m1/s1. The second-order valence-corrected chi connectivity index (χ2v) is 3.27. The number of aliphatic hydroxyl groups excluding tert-OH is 2. The van der Waals surface area contributed by atoms with Crippen LogP contribution in [0.2, 0.25) is 0 Å². The van der Waals surface area contributed by atoms with E-state index in [1.807, 2.05) is 0 Å². The molecule has 14 heavy (non-hydrogen) atoms. The van der Waals surface area contributed by atoms with E-state index in [2.05, 4.69) is 0 Å². The molecule has 0 amide bonds. The Morgan fingerprint density at radius 1 is 1.50 bits per heavy atom. The van der Waals surface area contributed by atoms with Gasteiger partial charge in [0.1, 0.15) is 5.82 Å². The summed E-state index contributed by atoms with van der Waals surface area (Å²) in [5.41, 5.74) is 6.67. The molecule has 0 bridgehead atoms. The van der Waals surface area contributed by atoms with Crippen molar-refractivity contribution in [1.82, 2.24) is 0 Å². The summed E-state index contributed by atoms with van der Waals surface area (Å²) in [5.74, 6) is -0.421. The van der Waals surface area contributed by atoms with Crippen LogP contribution in [-0.2, 0) is 6.61 Å². The van der Waals surface area contributed by atoms with E-state index in [4.69, 9.17) is 10.8 Å². The first-order valence-corrected chi connectivity index (χ1v) is 4.39. The van der Waals surface area contributed by atoms with E-state index in [0.29, 0.717) is 11.1 Å². The molecule has 2 atom stereocenters. The van der Waals surface area contributed by atoms with Gasteiger partial charge in [-0.3, -0.25) is 0 Å². The summed E-state index contributed by atoms with van der Waals surface area (Å²) in [6.07, 6.45) is -0.731. The molecule has 0 aliphatic rings. The summed E-state index contributed by atoms with van der Waals surface area (Å²) >= 11 is 0. The molecule has 78 valence electrons. The van der Waals surface area contributed by atoms with Gasteiger partial charge in [-0.25, -0.2) is 4.39 Å². The molecule has 0 spiro atoms. The molecule has 3 nitrogen and oxygen atoms in total. The van der Waals surface area contributed by atoms with E-state index < -0.39 is 18.0 Å². The number of rotatable bonds is 3. The largest absolute Gasteiger partial charge is 0.392 e. The van der Waals surface area contributed by atoms with Crippen LogP contribution < -0.4 is 5.73 Å². The molecule has 0 unspecified atom stereocenters. The predicted octanol–water partition coefficient (Wildman–Crippen LogP) is 0.699. The van der Waals surface area contributed by atoms with E-state index in [-0.39, 0.29) is 6.61 Å². The van der Waals surface area contributed by atoms with Gasteiger partial charge in [0, 0.05) is 0 Å². The highest BCUT2D eigenvalue weighted by atomic mass is 19.1. The van der Waals surface area contributed by atoms with Crippen LogP contribution in [0.1, 0.15) is 24.1 Å². The number of hydrogen-bond donors (Lipinski definition) is 3. The molecule has 4 N–H and O–H groups in total. The third-order valence-corrected chi connectivity index (χ3v) is 2.15. The minimum atomic E-state index is -0.731. The highest BCUT2D eigenvalue weighted by molar-refractivity contribution is 5.30. The topological polar surface area (TPSA) is 66.5 Å². The minimum Gasteiger partial charge on any atom is -0.392 e. The Morgan fingerprint density at radius 2 is 2.14 bits per heavy atom. The van der Waals surface area contributed by atoms with Gasteiger partial charge >= 0.3 is 0 Å². The van der Waals surface area contributed by atoms with E-state index in [9.17, 15) is 9.50 Å². The van der Waals surface area contributed by atoms with E-state index in [1.165, 1.54) is 18.2 Å². The molecule has 1 aromatic rings. The summed E-state index contributed by atoms with van der Waals surface area (Å²) in [4.78, 5) is 0. The number of halogens is 1. The van der Waals surface area contributed by atoms with Crippen LogP contribution in [0.4, 0.5) is 4.39 Å². The van der Waals surface area contributed by atoms with E-state index >= 15 is 0 Å². The highest BCUT2D eigenvalue weighted by Crippen LogP contribution is 2.20.